The Labute approximate surface area is 224 Å². The van der Waals surface area contributed by atoms with E-state index in [1.807, 2.05) is 0 Å². The van der Waals surface area contributed by atoms with Crippen LogP contribution in [0, 0.1) is 27.3 Å². The molecule has 2 N–H and O–H groups in total. The molecule has 39 heavy (non-hydrogen) atoms. The summed E-state index contributed by atoms with van der Waals surface area (Å²) in [6.07, 6.45) is 1.69. The summed E-state index contributed by atoms with van der Waals surface area (Å²) in [6, 6.07) is 14.6. The van der Waals surface area contributed by atoms with Gasteiger partial charge in [-0.05, 0) is 66.3 Å². The first-order valence-electron chi connectivity index (χ1n) is 11.9. The molecule has 5 rings (SSSR count). The molecule has 1 amide bonds. The van der Waals surface area contributed by atoms with E-state index in [-0.39, 0.29) is 40.6 Å². The van der Waals surface area contributed by atoms with Crippen molar-refractivity contribution in [1.82, 2.24) is 5.32 Å². The third-order valence-corrected chi connectivity index (χ3v) is 7.28. The smallest absolute Gasteiger partial charge is 0.287 e. The number of benzene rings is 3. The van der Waals surface area contributed by atoms with Crippen molar-refractivity contribution in [3.05, 3.63) is 92.8 Å². The Morgan fingerprint density at radius 3 is 2.56 bits per heavy atom. The second-order valence-corrected chi connectivity index (χ2v) is 9.96. The third-order valence-electron chi connectivity index (χ3n) is 6.58. The highest BCUT2D eigenvalue weighted by atomic mass is 32.2. The second-order valence-electron chi connectivity index (χ2n) is 9.06. The number of halogens is 1. The monoisotopic (exact) mass is 548 g/mol. The van der Waals surface area contributed by atoms with Crippen molar-refractivity contribution >= 4 is 39.5 Å². The van der Waals surface area contributed by atoms with Crippen LogP contribution >= 0.6 is 0 Å². The number of carbonyl (C=O) groups excluding carboxylic acids is 1. The minimum absolute atomic E-state index is 0.0867. The van der Waals surface area contributed by atoms with E-state index < -0.39 is 27.9 Å². The summed E-state index contributed by atoms with van der Waals surface area (Å²) in [7, 11) is 1.49. The first-order chi connectivity index (χ1) is 18.7. The van der Waals surface area contributed by atoms with Crippen LogP contribution in [0.1, 0.15) is 45.8 Å². The first-order valence-corrected chi connectivity index (χ1v) is 12.9. The summed E-state index contributed by atoms with van der Waals surface area (Å²) in [5.41, 5.74) is 2.06. The summed E-state index contributed by atoms with van der Waals surface area (Å²) in [6.45, 7) is -0.130. The van der Waals surface area contributed by atoms with Gasteiger partial charge in [0.2, 0.25) is 0 Å². The number of fused-ring (bicyclic) bond motifs is 1. The number of hydrogen-bond acceptors (Lipinski definition) is 6. The van der Waals surface area contributed by atoms with E-state index >= 15 is 0 Å². The number of nitrogens with one attached hydrogen (secondary N) is 1. The molecule has 0 radical (unpaired) electrons. The Kier molecular flexibility index (Phi) is 6.86. The molecule has 12 heteroatoms. The maximum absolute atomic E-state index is 13.6. The lowest BCUT2D eigenvalue weighted by Gasteiger charge is -2.23. The number of furan rings is 1. The second kappa shape index (κ2) is 10.3. The molecule has 10 nitrogen and oxygen atoms in total. The minimum Gasteiger partial charge on any atom is -0.455 e. The van der Waals surface area contributed by atoms with Gasteiger partial charge in [0, 0.05) is 30.1 Å². The standard InChI is InChI=1S/C27H21FN4O6S/c1-30-27(33)25-21-11-20(16-3-4-16)23(12-24(21)38-26(25)17-5-7-19(28)8-6-17)31(39(36)37)14-15-2-9-22(32(34)35)18(10-15)13-29/h2,5-12,16H,3-4,14H2,1H3,(H,30,33)(H,36,37). The predicted molar refractivity (Wildman–Crippen MR) is 142 cm³/mol. The summed E-state index contributed by atoms with van der Waals surface area (Å²) in [5, 5.41) is 23.7. The van der Waals surface area contributed by atoms with Gasteiger partial charge in [-0.1, -0.05) is 6.07 Å². The van der Waals surface area contributed by atoms with Crippen molar-refractivity contribution in [1.29, 1.82) is 5.26 Å². The van der Waals surface area contributed by atoms with Crippen molar-refractivity contribution in [2.75, 3.05) is 11.4 Å². The Morgan fingerprint density at radius 2 is 1.97 bits per heavy atom. The van der Waals surface area contributed by atoms with E-state index in [9.17, 15) is 33.3 Å². The van der Waals surface area contributed by atoms with Crippen molar-refractivity contribution < 1.29 is 27.3 Å². The van der Waals surface area contributed by atoms with Crippen LogP contribution in [0.2, 0.25) is 0 Å². The number of anilines is 1. The molecule has 4 aromatic rings. The van der Waals surface area contributed by atoms with Crippen LogP contribution in [0.4, 0.5) is 15.8 Å². The predicted octanol–water partition coefficient (Wildman–Crippen LogP) is 5.40. The number of hydrogen-bond donors (Lipinski definition) is 2. The van der Waals surface area contributed by atoms with Crippen LogP contribution in [0.3, 0.4) is 0 Å². The van der Waals surface area contributed by atoms with Gasteiger partial charge in [-0.25, -0.2) is 8.60 Å². The summed E-state index contributed by atoms with van der Waals surface area (Å²) in [4.78, 5) is 23.5. The molecule has 1 fully saturated rings. The lowest BCUT2D eigenvalue weighted by molar-refractivity contribution is -0.385. The number of nitriles is 1. The average Bonchev–Trinajstić information content (AvgIpc) is 3.71. The van der Waals surface area contributed by atoms with E-state index in [1.165, 1.54) is 53.8 Å². The van der Waals surface area contributed by atoms with E-state index in [2.05, 4.69) is 5.32 Å². The number of carbonyl (C=O) groups is 1. The topological polar surface area (TPSA) is 150 Å². The molecular formula is C27H21FN4O6S. The Morgan fingerprint density at radius 1 is 1.26 bits per heavy atom. The van der Waals surface area contributed by atoms with Crippen LogP contribution < -0.4 is 9.62 Å². The molecule has 3 aromatic carbocycles. The number of amides is 1. The zero-order valence-electron chi connectivity index (χ0n) is 20.5. The number of nitro groups is 1. The molecule has 1 aliphatic carbocycles. The van der Waals surface area contributed by atoms with E-state index in [1.54, 1.807) is 18.2 Å². The SMILES string of the molecule is CNC(=O)c1c(-c2ccc(F)cc2)oc2cc(N(Cc3ccc([N+](=O)[O-])c(C#N)c3)S(=O)O)c(C3CC3)cc12. The molecule has 0 saturated heterocycles. The van der Waals surface area contributed by atoms with Crippen molar-refractivity contribution in [2.24, 2.45) is 0 Å². The molecule has 1 heterocycles. The summed E-state index contributed by atoms with van der Waals surface area (Å²) in [5.74, 6) is -0.528. The lowest BCUT2D eigenvalue weighted by atomic mass is 10.00. The molecular weight excluding hydrogens is 527 g/mol. The van der Waals surface area contributed by atoms with Gasteiger partial charge in [-0.15, -0.1) is 0 Å². The van der Waals surface area contributed by atoms with Gasteiger partial charge in [-0.3, -0.25) is 23.8 Å². The zero-order chi connectivity index (χ0) is 27.8. The maximum atomic E-state index is 13.6. The summed E-state index contributed by atoms with van der Waals surface area (Å²) >= 11 is -2.51. The fraction of sp³-hybridized carbons (Fsp3) is 0.185. The van der Waals surface area contributed by atoms with Crippen LogP contribution in [0.15, 0.2) is 59.0 Å². The highest BCUT2D eigenvalue weighted by Gasteiger charge is 2.32. The first kappa shape index (κ1) is 26.0. The van der Waals surface area contributed by atoms with Crippen LogP contribution in [-0.4, -0.2) is 26.6 Å². The van der Waals surface area contributed by atoms with Gasteiger partial charge in [-0.2, -0.15) is 5.26 Å². The van der Waals surface area contributed by atoms with E-state index in [4.69, 9.17) is 4.42 Å². The number of nitro benzene ring substituents is 1. The molecule has 1 saturated carbocycles. The highest BCUT2D eigenvalue weighted by molar-refractivity contribution is 7.80. The molecule has 1 aliphatic rings. The molecule has 0 bridgehead atoms. The summed E-state index contributed by atoms with van der Waals surface area (Å²) < 4.78 is 43.7. The molecule has 0 aliphatic heterocycles. The minimum atomic E-state index is -2.51. The fourth-order valence-electron chi connectivity index (χ4n) is 4.56. The molecule has 1 unspecified atom stereocenters. The lowest BCUT2D eigenvalue weighted by Crippen LogP contribution is -2.26. The molecule has 198 valence electrons. The highest BCUT2D eigenvalue weighted by Crippen LogP contribution is 2.48. The Balaban J connectivity index is 1.66. The molecule has 1 aromatic heterocycles. The van der Waals surface area contributed by atoms with Crippen molar-refractivity contribution in [3.63, 3.8) is 0 Å². The number of nitrogens with zero attached hydrogens (tertiary/aromatic N) is 3. The maximum Gasteiger partial charge on any atom is 0.287 e. The fourth-order valence-corrected chi connectivity index (χ4v) is 5.15. The quantitative estimate of drug-likeness (QED) is 0.170. The molecule has 0 spiro atoms. The van der Waals surface area contributed by atoms with Crippen molar-refractivity contribution in [2.45, 2.75) is 25.3 Å². The van der Waals surface area contributed by atoms with Crippen LogP contribution in [-0.2, 0) is 17.8 Å². The van der Waals surface area contributed by atoms with Gasteiger partial charge >= 0.3 is 0 Å². The van der Waals surface area contributed by atoms with Crippen LogP contribution in [0.5, 0.6) is 0 Å². The van der Waals surface area contributed by atoms with Gasteiger partial charge in [0.05, 0.1) is 22.7 Å². The largest absolute Gasteiger partial charge is 0.455 e. The van der Waals surface area contributed by atoms with E-state index in [0.29, 0.717) is 22.2 Å². The van der Waals surface area contributed by atoms with Gasteiger partial charge in [0.1, 0.15) is 28.8 Å². The van der Waals surface area contributed by atoms with Crippen molar-refractivity contribution in [3.8, 4) is 17.4 Å². The number of rotatable bonds is 8. The van der Waals surface area contributed by atoms with Gasteiger partial charge in [0.25, 0.3) is 22.9 Å². The van der Waals surface area contributed by atoms with Crippen LogP contribution in [0.25, 0.3) is 22.3 Å². The third kappa shape index (κ3) is 4.97. The Hall–Kier alpha value is -4.60. The average molecular weight is 549 g/mol. The Bertz CT molecular complexity index is 1690. The van der Waals surface area contributed by atoms with E-state index in [0.717, 1.165) is 18.4 Å². The normalized spacial score (nSPS) is 13.6. The zero-order valence-corrected chi connectivity index (χ0v) is 21.3. The van der Waals surface area contributed by atoms with Gasteiger partial charge in [0.15, 0.2) is 0 Å². The van der Waals surface area contributed by atoms with Gasteiger partial charge < -0.3 is 9.73 Å². The molecule has 1 atom stereocenters.